The molecule has 6 rings (SSSR count). The average Bonchev–Trinajstić information content (AvgIpc) is 3.57. The molecule has 8 heteroatoms. The maximum Gasteiger partial charge on any atom is 0.679 e. The fraction of sp³-hybridized carbons (Fsp3) is 0.0625. The zero-order valence-electron chi connectivity index (χ0n) is 21.1. The first-order valence-corrected chi connectivity index (χ1v) is 14.9. The number of hydrogen-bond acceptors (Lipinski definition) is 2. The molecule has 4 aromatic rings. The molecule has 0 bridgehead atoms. The van der Waals surface area contributed by atoms with Gasteiger partial charge in [0.1, 0.15) is 11.7 Å². The van der Waals surface area contributed by atoms with Crippen LogP contribution in [0.25, 0.3) is 11.4 Å². The number of amidine groups is 2. The third-order valence-corrected chi connectivity index (χ3v) is 8.41. The Balaban J connectivity index is 1.50. The topological polar surface area (TPSA) is 28.0 Å². The Morgan fingerprint density at radius 1 is 0.650 bits per heavy atom. The molecule has 0 saturated carbocycles. The van der Waals surface area contributed by atoms with E-state index >= 15 is 0 Å². The van der Waals surface area contributed by atoms with Gasteiger partial charge in [0.05, 0.1) is 17.5 Å². The number of rotatable bonds is 5. The van der Waals surface area contributed by atoms with Crippen LogP contribution in [-0.4, -0.2) is 23.9 Å². The second kappa shape index (κ2) is 11.8. The van der Waals surface area contributed by atoms with E-state index in [1.807, 2.05) is 115 Å². The second-order valence-corrected chi connectivity index (χ2v) is 12.0. The number of nitrogens with zero attached hydrogens (tertiary/aromatic N) is 3. The molecule has 2 aliphatic heterocycles. The zero-order chi connectivity index (χ0) is 27.6. The molecule has 196 valence electrons. The van der Waals surface area contributed by atoms with Crippen LogP contribution in [0.2, 0.25) is 0 Å². The fourth-order valence-electron chi connectivity index (χ4n) is 5.04. The van der Waals surface area contributed by atoms with Crippen molar-refractivity contribution in [2.24, 2.45) is 9.98 Å². The van der Waals surface area contributed by atoms with Crippen molar-refractivity contribution in [2.75, 3.05) is 0 Å². The van der Waals surface area contributed by atoms with Crippen LogP contribution < -0.4 is 0 Å². The third kappa shape index (κ3) is 5.56. The highest BCUT2D eigenvalue weighted by Gasteiger charge is 2.42. The van der Waals surface area contributed by atoms with Gasteiger partial charge in [0.25, 0.3) is 0 Å². The van der Waals surface area contributed by atoms with Gasteiger partial charge in [-0.1, -0.05) is 84.9 Å². The minimum atomic E-state index is -2.78. The lowest BCUT2D eigenvalue weighted by Crippen LogP contribution is -2.36. The molecule has 0 spiro atoms. The molecule has 0 saturated heterocycles. The van der Waals surface area contributed by atoms with E-state index in [9.17, 15) is 8.63 Å². The van der Waals surface area contributed by atoms with Gasteiger partial charge in [-0.25, -0.2) is 9.98 Å². The third-order valence-electron chi connectivity index (χ3n) is 6.97. The Labute approximate surface area is 259 Å². The molecule has 4 aromatic carbocycles. The first kappa shape index (κ1) is 27.1. The monoisotopic (exact) mass is 751 g/mol. The molecule has 2 atom stereocenters. The van der Waals surface area contributed by atoms with Gasteiger partial charge in [0, 0.05) is 12.8 Å². The van der Waals surface area contributed by atoms with E-state index in [0.717, 1.165) is 39.9 Å². The summed E-state index contributed by atoms with van der Waals surface area (Å²) in [6.45, 7) is 0. The summed E-state index contributed by atoms with van der Waals surface area (Å²) >= 11 is 4.49. The molecule has 0 N–H and O–H groups in total. The molecule has 40 heavy (non-hydrogen) atoms. The van der Waals surface area contributed by atoms with E-state index in [1.165, 1.54) is 0 Å². The molecule has 2 heterocycles. The van der Waals surface area contributed by atoms with Gasteiger partial charge in [-0.3, -0.25) is 8.63 Å². The van der Waals surface area contributed by atoms with E-state index in [-0.39, 0.29) is 11.8 Å². The summed E-state index contributed by atoms with van der Waals surface area (Å²) in [5, 5.41) is 0. The molecule has 0 radical (unpaired) electrons. The van der Waals surface area contributed by atoms with E-state index in [2.05, 4.69) is 51.3 Å². The predicted octanol–water partition coefficient (Wildman–Crippen LogP) is 8.90. The van der Waals surface area contributed by atoms with Crippen molar-refractivity contribution in [3.63, 3.8) is 0 Å². The Morgan fingerprint density at radius 3 is 1.73 bits per heavy atom. The van der Waals surface area contributed by atoms with Crippen molar-refractivity contribution >= 4 is 75.6 Å². The van der Waals surface area contributed by atoms with Crippen LogP contribution in [0.3, 0.4) is 0 Å². The number of aliphatic imine (C=N–C) groups is 2. The molecule has 0 fully saturated rings. The average molecular weight is 751 g/mol. The molecule has 2 unspecified atom stereocenters. The minimum Gasteiger partial charge on any atom is -0.313 e. The maximum absolute atomic E-state index is 14.9. The normalized spacial score (nSPS) is 19.4. The highest BCUT2D eigenvalue weighted by atomic mass is 127. The number of benzene rings is 4. The van der Waals surface area contributed by atoms with Crippen molar-refractivity contribution in [1.82, 2.24) is 4.81 Å². The van der Waals surface area contributed by atoms with Gasteiger partial charge in [0.2, 0.25) is 0 Å². The Hall–Kier alpha value is -3.12. The molecule has 0 aliphatic carbocycles. The van der Waals surface area contributed by atoms with Crippen LogP contribution >= 0.6 is 45.2 Å². The number of halogens is 4. The molecule has 0 amide bonds. The van der Waals surface area contributed by atoms with Crippen LogP contribution in [0.15, 0.2) is 131 Å². The van der Waals surface area contributed by atoms with E-state index < -0.39 is 13.3 Å². The van der Waals surface area contributed by atoms with E-state index in [4.69, 9.17) is 9.98 Å². The Bertz CT molecular complexity index is 1640. The Morgan fingerprint density at radius 2 is 1.18 bits per heavy atom. The highest BCUT2D eigenvalue weighted by Crippen LogP contribution is 2.40. The smallest absolute Gasteiger partial charge is 0.313 e. The quantitative estimate of drug-likeness (QED) is 0.148. The molecule has 0 aromatic heterocycles. The van der Waals surface area contributed by atoms with Gasteiger partial charge in [-0.2, -0.15) is 0 Å². The summed E-state index contributed by atoms with van der Waals surface area (Å²) in [6, 6.07) is 35.4. The van der Waals surface area contributed by atoms with Gasteiger partial charge in [-0.05, 0) is 104 Å². The summed E-state index contributed by atoms with van der Waals surface area (Å²) in [6.07, 6.45) is 3.96. The standard InChI is InChI=1S/C32H22BF2I2N3/c34-33(35)40-30(24-13-17-26(37)18-14-24)20-28(22-9-5-2-6-10-22)32(40)39-31-27(21-7-3-1-4-8-21)19-29(38-31)23-11-15-25(36)16-12-23/h1-20,27-28H. The van der Waals surface area contributed by atoms with Crippen LogP contribution in [0, 0.1) is 7.14 Å². The van der Waals surface area contributed by atoms with Gasteiger partial charge >= 0.3 is 7.40 Å². The summed E-state index contributed by atoms with van der Waals surface area (Å²) in [5.41, 5.74) is 4.82. The molecule has 2 aliphatic rings. The summed E-state index contributed by atoms with van der Waals surface area (Å²) < 4.78 is 32.0. The summed E-state index contributed by atoms with van der Waals surface area (Å²) in [4.78, 5) is 11.0. The maximum atomic E-state index is 14.9. The lowest BCUT2D eigenvalue weighted by Gasteiger charge is -2.23. The minimum absolute atomic E-state index is 0.263. The highest BCUT2D eigenvalue weighted by molar-refractivity contribution is 14.1. The number of hydrogen-bond donors (Lipinski definition) is 0. The summed E-state index contributed by atoms with van der Waals surface area (Å²) in [7, 11) is -2.78. The SMILES string of the molecule is FB(F)N1C(c2ccc(I)cc2)=CC(c2ccccc2)C1=NC1=NC(c2ccc(I)cc2)=CC1c1ccccc1. The van der Waals surface area contributed by atoms with Crippen molar-refractivity contribution in [2.45, 2.75) is 11.8 Å². The van der Waals surface area contributed by atoms with Gasteiger partial charge in [0.15, 0.2) is 0 Å². The molecular formula is C32H22BF2I2N3. The fourth-order valence-corrected chi connectivity index (χ4v) is 5.76. The largest absolute Gasteiger partial charge is 0.679 e. The predicted molar refractivity (Wildman–Crippen MR) is 177 cm³/mol. The lowest BCUT2D eigenvalue weighted by atomic mass is 9.96. The first-order valence-electron chi connectivity index (χ1n) is 12.8. The lowest BCUT2D eigenvalue weighted by molar-refractivity contribution is 0.571. The van der Waals surface area contributed by atoms with Crippen molar-refractivity contribution in [1.29, 1.82) is 0 Å². The zero-order valence-corrected chi connectivity index (χ0v) is 25.4. The van der Waals surface area contributed by atoms with E-state index in [1.54, 1.807) is 0 Å². The van der Waals surface area contributed by atoms with Gasteiger partial charge < -0.3 is 4.81 Å². The van der Waals surface area contributed by atoms with Crippen LogP contribution in [0.5, 0.6) is 0 Å². The van der Waals surface area contributed by atoms with Crippen LogP contribution in [0.4, 0.5) is 8.63 Å². The molecular weight excluding hydrogens is 729 g/mol. The van der Waals surface area contributed by atoms with Crippen molar-refractivity contribution < 1.29 is 8.63 Å². The van der Waals surface area contributed by atoms with Crippen molar-refractivity contribution in [3.8, 4) is 0 Å². The van der Waals surface area contributed by atoms with Crippen LogP contribution in [-0.2, 0) is 0 Å². The van der Waals surface area contributed by atoms with E-state index in [0.29, 0.717) is 11.5 Å². The summed E-state index contributed by atoms with van der Waals surface area (Å²) in [5.74, 6) is 0.0533. The van der Waals surface area contributed by atoms with Crippen molar-refractivity contribution in [3.05, 3.63) is 151 Å². The second-order valence-electron chi connectivity index (χ2n) is 9.48. The molecule has 3 nitrogen and oxygen atoms in total. The first-order chi connectivity index (χ1) is 19.5. The Kier molecular flexibility index (Phi) is 7.97. The van der Waals surface area contributed by atoms with Crippen LogP contribution in [0.1, 0.15) is 34.1 Å². The van der Waals surface area contributed by atoms with Gasteiger partial charge in [-0.15, -0.1) is 0 Å².